The average Bonchev–Trinajstić information content (AvgIpc) is 2.29. The van der Waals surface area contributed by atoms with Gasteiger partial charge >= 0.3 is 0 Å². The van der Waals surface area contributed by atoms with E-state index in [9.17, 15) is 4.39 Å². The van der Waals surface area contributed by atoms with Crippen molar-refractivity contribution in [3.05, 3.63) is 34.1 Å². The van der Waals surface area contributed by atoms with Crippen molar-refractivity contribution in [2.24, 2.45) is 11.3 Å². The normalized spacial score (nSPS) is 13.6. The highest BCUT2D eigenvalue weighted by Crippen LogP contribution is 2.31. The second-order valence-corrected chi connectivity index (χ2v) is 7.06. The average molecular weight is 330 g/mol. The molecule has 19 heavy (non-hydrogen) atoms. The van der Waals surface area contributed by atoms with Crippen LogP contribution in [0.1, 0.15) is 39.7 Å². The molecule has 1 aromatic carbocycles. The topological polar surface area (TPSA) is 12.0 Å². The van der Waals surface area contributed by atoms with Crippen molar-refractivity contribution in [3.8, 4) is 0 Å². The SMILES string of the molecule is CCCNCC(Cc1ccc(F)cc1Br)C(C)(C)C. The smallest absolute Gasteiger partial charge is 0.124 e. The van der Waals surface area contributed by atoms with Gasteiger partial charge in [-0.25, -0.2) is 4.39 Å². The van der Waals surface area contributed by atoms with E-state index in [1.165, 1.54) is 5.56 Å². The Morgan fingerprint density at radius 2 is 2.00 bits per heavy atom. The fourth-order valence-corrected chi connectivity index (χ4v) is 2.60. The highest BCUT2D eigenvalue weighted by molar-refractivity contribution is 9.10. The summed E-state index contributed by atoms with van der Waals surface area (Å²) in [7, 11) is 0. The van der Waals surface area contributed by atoms with Crippen molar-refractivity contribution in [3.63, 3.8) is 0 Å². The van der Waals surface area contributed by atoms with Gasteiger partial charge in [0.1, 0.15) is 5.82 Å². The standard InChI is InChI=1S/C16H25BrFN/c1-5-8-19-11-13(16(2,3)4)9-12-6-7-14(18)10-15(12)17/h6-7,10,13,19H,5,8-9,11H2,1-4H3. The summed E-state index contributed by atoms with van der Waals surface area (Å²) in [6.07, 6.45) is 2.11. The van der Waals surface area contributed by atoms with Crippen LogP contribution >= 0.6 is 15.9 Å². The maximum atomic E-state index is 13.1. The number of halogens is 2. The summed E-state index contributed by atoms with van der Waals surface area (Å²) < 4.78 is 14.0. The molecule has 0 radical (unpaired) electrons. The van der Waals surface area contributed by atoms with Crippen LogP contribution in [-0.4, -0.2) is 13.1 Å². The van der Waals surface area contributed by atoms with E-state index in [-0.39, 0.29) is 11.2 Å². The highest BCUT2D eigenvalue weighted by atomic mass is 79.9. The molecule has 0 saturated carbocycles. The van der Waals surface area contributed by atoms with Gasteiger partial charge < -0.3 is 5.32 Å². The Bertz CT molecular complexity index is 398. The van der Waals surface area contributed by atoms with Gasteiger partial charge in [0.2, 0.25) is 0 Å². The molecule has 0 aromatic heterocycles. The molecule has 1 N–H and O–H groups in total. The van der Waals surface area contributed by atoms with Crippen LogP contribution < -0.4 is 5.32 Å². The van der Waals surface area contributed by atoms with Crippen LogP contribution in [0.4, 0.5) is 4.39 Å². The first-order chi connectivity index (χ1) is 8.84. The van der Waals surface area contributed by atoms with Gasteiger partial charge in [-0.05, 0) is 55.0 Å². The van der Waals surface area contributed by atoms with Crippen LogP contribution in [0.5, 0.6) is 0 Å². The molecular formula is C16H25BrFN. The molecule has 1 aromatic rings. The molecule has 0 bridgehead atoms. The summed E-state index contributed by atoms with van der Waals surface area (Å²) >= 11 is 3.46. The molecule has 0 aliphatic rings. The molecule has 0 aliphatic carbocycles. The Hall–Kier alpha value is -0.410. The van der Waals surface area contributed by atoms with E-state index in [4.69, 9.17) is 0 Å². The minimum atomic E-state index is -0.188. The molecule has 0 saturated heterocycles. The van der Waals surface area contributed by atoms with Gasteiger partial charge in [-0.1, -0.05) is 49.7 Å². The second kappa shape index (κ2) is 7.39. The Morgan fingerprint density at radius 1 is 1.32 bits per heavy atom. The highest BCUT2D eigenvalue weighted by Gasteiger charge is 2.25. The van der Waals surface area contributed by atoms with E-state index < -0.39 is 0 Å². The lowest BCUT2D eigenvalue weighted by molar-refractivity contribution is 0.231. The monoisotopic (exact) mass is 329 g/mol. The lowest BCUT2D eigenvalue weighted by atomic mass is 9.77. The lowest BCUT2D eigenvalue weighted by Crippen LogP contribution is -2.33. The Kier molecular flexibility index (Phi) is 6.48. The van der Waals surface area contributed by atoms with Crippen LogP contribution in [-0.2, 0) is 6.42 Å². The summed E-state index contributed by atoms with van der Waals surface area (Å²) in [6.45, 7) is 11.0. The minimum absolute atomic E-state index is 0.188. The molecule has 0 spiro atoms. The molecule has 0 fully saturated rings. The molecule has 0 aliphatic heterocycles. The maximum Gasteiger partial charge on any atom is 0.124 e. The van der Waals surface area contributed by atoms with Crippen LogP contribution in [0.3, 0.4) is 0 Å². The van der Waals surface area contributed by atoms with Crippen LogP contribution in [0, 0.1) is 17.2 Å². The quantitative estimate of drug-likeness (QED) is 0.739. The van der Waals surface area contributed by atoms with Crippen molar-refractivity contribution in [1.82, 2.24) is 5.32 Å². The first kappa shape index (κ1) is 16.6. The van der Waals surface area contributed by atoms with Gasteiger partial charge in [-0.2, -0.15) is 0 Å². The maximum absolute atomic E-state index is 13.1. The van der Waals surface area contributed by atoms with Gasteiger partial charge in [-0.15, -0.1) is 0 Å². The largest absolute Gasteiger partial charge is 0.316 e. The third-order valence-electron chi connectivity index (χ3n) is 3.52. The summed E-state index contributed by atoms with van der Waals surface area (Å²) in [4.78, 5) is 0. The fraction of sp³-hybridized carbons (Fsp3) is 0.625. The molecule has 0 amide bonds. The van der Waals surface area contributed by atoms with Gasteiger partial charge in [-0.3, -0.25) is 0 Å². The number of rotatable bonds is 6. The number of hydrogen-bond acceptors (Lipinski definition) is 1. The zero-order valence-electron chi connectivity index (χ0n) is 12.4. The first-order valence-electron chi connectivity index (χ1n) is 6.99. The first-order valence-corrected chi connectivity index (χ1v) is 7.78. The number of hydrogen-bond donors (Lipinski definition) is 1. The third kappa shape index (κ3) is 5.62. The molecule has 0 heterocycles. The van der Waals surface area contributed by atoms with Crippen molar-refractivity contribution in [2.75, 3.05) is 13.1 Å². The molecular weight excluding hydrogens is 305 g/mol. The molecule has 1 unspecified atom stereocenters. The summed E-state index contributed by atoms with van der Waals surface area (Å²) in [5.74, 6) is 0.341. The van der Waals surface area contributed by atoms with Gasteiger partial charge in [0.25, 0.3) is 0 Å². The predicted octanol–water partition coefficient (Wildman–Crippen LogP) is 4.79. The molecule has 1 nitrogen and oxygen atoms in total. The summed E-state index contributed by atoms with van der Waals surface area (Å²) in [5.41, 5.74) is 1.41. The molecule has 108 valence electrons. The Morgan fingerprint density at radius 3 is 2.53 bits per heavy atom. The second-order valence-electron chi connectivity index (χ2n) is 6.21. The Balaban J connectivity index is 2.76. The zero-order valence-corrected chi connectivity index (χ0v) is 14.0. The van der Waals surface area contributed by atoms with E-state index in [1.54, 1.807) is 12.1 Å². The molecule has 1 rings (SSSR count). The van der Waals surface area contributed by atoms with Crippen LogP contribution in [0.25, 0.3) is 0 Å². The van der Waals surface area contributed by atoms with Gasteiger partial charge in [0.15, 0.2) is 0 Å². The van der Waals surface area contributed by atoms with E-state index >= 15 is 0 Å². The van der Waals surface area contributed by atoms with Gasteiger partial charge in [0, 0.05) is 4.47 Å². The van der Waals surface area contributed by atoms with Gasteiger partial charge in [0.05, 0.1) is 0 Å². The van der Waals surface area contributed by atoms with E-state index in [0.29, 0.717) is 5.92 Å². The third-order valence-corrected chi connectivity index (χ3v) is 4.26. The number of nitrogens with one attached hydrogen (secondary N) is 1. The molecule has 1 atom stereocenters. The zero-order chi connectivity index (χ0) is 14.5. The van der Waals surface area contributed by atoms with E-state index in [0.717, 1.165) is 30.4 Å². The lowest BCUT2D eigenvalue weighted by Gasteiger charge is -2.31. The van der Waals surface area contributed by atoms with Crippen molar-refractivity contribution in [1.29, 1.82) is 0 Å². The molecule has 3 heteroatoms. The summed E-state index contributed by atoms with van der Waals surface area (Å²) in [6, 6.07) is 4.98. The number of benzene rings is 1. The Labute approximate surface area is 125 Å². The van der Waals surface area contributed by atoms with Crippen molar-refractivity contribution >= 4 is 15.9 Å². The van der Waals surface area contributed by atoms with Crippen LogP contribution in [0.15, 0.2) is 22.7 Å². The van der Waals surface area contributed by atoms with E-state index in [2.05, 4.69) is 48.9 Å². The van der Waals surface area contributed by atoms with Crippen molar-refractivity contribution < 1.29 is 4.39 Å². The van der Waals surface area contributed by atoms with Crippen LogP contribution in [0.2, 0.25) is 0 Å². The fourth-order valence-electron chi connectivity index (χ4n) is 2.09. The minimum Gasteiger partial charge on any atom is -0.316 e. The van der Waals surface area contributed by atoms with E-state index in [1.807, 2.05) is 6.07 Å². The van der Waals surface area contributed by atoms with Crippen molar-refractivity contribution in [2.45, 2.75) is 40.5 Å². The summed E-state index contributed by atoms with van der Waals surface area (Å²) in [5, 5.41) is 3.50. The predicted molar refractivity (Wildman–Crippen MR) is 83.9 cm³/mol.